The van der Waals surface area contributed by atoms with Gasteiger partial charge in [-0.25, -0.2) is 0 Å². The molecule has 8 heteroatoms. The Hall–Kier alpha value is -2.90. The molecule has 0 saturated carbocycles. The topological polar surface area (TPSA) is 105 Å². The highest BCUT2D eigenvalue weighted by Crippen LogP contribution is 2.48. The molecular formula is C26H34O8. The van der Waals surface area contributed by atoms with Crippen LogP contribution in [0.4, 0.5) is 0 Å². The number of carbonyl (C=O) groups excluding carboxylic acids is 4. The SMILES string of the molecule is CCOC(=O)C1(C(=O)OCC)CCc2cc(C)c3c(c2C1)CC(C(=O)OCC)(C(=O)OCC)C3. The lowest BCUT2D eigenvalue weighted by Crippen LogP contribution is -2.46. The summed E-state index contributed by atoms with van der Waals surface area (Å²) in [6.45, 7) is 9.30. The lowest BCUT2D eigenvalue weighted by atomic mass is 9.69. The summed E-state index contributed by atoms with van der Waals surface area (Å²) in [6.07, 6.45) is 1.12. The van der Waals surface area contributed by atoms with E-state index in [2.05, 4.69) is 0 Å². The number of hydrogen-bond acceptors (Lipinski definition) is 8. The number of fused-ring (bicyclic) bond motifs is 3. The van der Waals surface area contributed by atoms with Gasteiger partial charge in [0.25, 0.3) is 0 Å². The van der Waals surface area contributed by atoms with Crippen molar-refractivity contribution in [1.82, 2.24) is 0 Å². The second-order valence-electron chi connectivity index (χ2n) is 8.86. The van der Waals surface area contributed by atoms with E-state index in [4.69, 9.17) is 18.9 Å². The fourth-order valence-corrected chi connectivity index (χ4v) is 5.24. The minimum Gasteiger partial charge on any atom is -0.465 e. The molecule has 0 unspecified atom stereocenters. The normalized spacial score (nSPS) is 17.2. The van der Waals surface area contributed by atoms with E-state index in [1.807, 2.05) is 13.0 Å². The van der Waals surface area contributed by atoms with Crippen LogP contribution in [0.15, 0.2) is 6.07 Å². The van der Waals surface area contributed by atoms with Crippen LogP contribution in [-0.2, 0) is 63.8 Å². The summed E-state index contributed by atoms with van der Waals surface area (Å²) in [5.74, 6) is -2.44. The van der Waals surface area contributed by atoms with Crippen LogP contribution in [0.3, 0.4) is 0 Å². The zero-order valence-corrected chi connectivity index (χ0v) is 20.7. The Morgan fingerprint density at radius 3 is 1.56 bits per heavy atom. The molecule has 0 aliphatic heterocycles. The molecule has 1 aromatic rings. The van der Waals surface area contributed by atoms with E-state index in [1.165, 1.54) is 0 Å². The van der Waals surface area contributed by atoms with E-state index in [0.717, 1.165) is 27.8 Å². The van der Waals surface area contributed by atoms with Crippen molar-refractivity contribution in [2.24, 2.45) is 10.8 Å². The molecule has 0 N–H and O–H groups in total. The molecule has 0 atom stereocenters. The molecule has 34 heavy (non-hydrogen) atoms. The largest absolute Gasteiger partial charge is 0.465 e. The standard InChI is InChI=1S/C26H34O8/c1-6-31-21(27)25(22(28)32-7-2)11-10-17-12-16(5)18-13-26(23(29)33-8-3,24(30)34-9-4)15-20(18)19(17)14-25/h12H,6-11,13-15H2,1-5H3. The van der Waals surface area contributed by atoms with Gasteiger partial charge >= 0.3 is 23.9 Å². The maximum absolute atomic E-state index is 13.1. The molecule has 0 amide bonds. The number of ether oxygens (including phenoxy) is 4. The quantitative estimate of drug-likeness (QED) is 0.322. The van der Waals surface area contributed by atoms with Gasteiger partial charge in [0, 0.05) is 12.8 Å². The molecule has 0 fully saturated rings. The van der Waals surface area contributed by atoms with Crippen LogP contribution in [0.25, 0.3) is 0 Å². The fraction of sp³-hybridized carbons (Fsp3) is 0.615. The van der Waals surface area contributed by atoms with Gasteiger partial charge in [-0.3, -0.25) is 19.2 Å². The Bertz CT molecular complexity index is 957. The summed E-state index contributed by atoms with van der Waals surface area (Å²) < 4.78 is 21.2. The average Bonchev–Trinajstić information content (AvgIpc) is 3.23. The molecule has 8 nitrogen and oxygen atoms in total. The Kier molecular flexibility index (Phi) is 7.68. The third-order valence-corrected chi connectivity index (χ3v) is 6.90. The van der Waals surface area contributed by atoms with Gasteiger partial charge in [0.1, 0.15) is 0 Å². The van der Waals surface area contributed by atoms with Crippen LogP contribution in [0.1, 0.15) is 61.9 Å². The van der Waals surface area contributed by atoms with Crippen LogP contribution < -0.4 is 0 Å². The predicted octanol–water partition coefficient (Wildman–Crippen LogP) is 2.81. The first kappa shape index (κ1) is 25.7. The summed E-state index contributed by atoms with van der Waals surface area (Å²) in [6, 6.07) is 2.03. The molecule has 0 saturated heterocycles. The molecule has 0 spiro atoms. The van der Waals surface area contributed by atoms with Crippen molar-refractivity contribution in [1.29, 1.82) is 0 Å². The molecule has 0 bridgehead atoms. The number of hydrogen-bond donors (Lipinski definition) is 0. The molecule has 1 aromatic carbocycles. The van der Waals surface area contributed by atoms with Crippen LogP contribution in [0.2, 0.25) is 0 Å². The van der Waals surface area contributed by atoms with Gasteiger partial charge in [-0.05, 0) is 81.7 Å². The minimum absolute atomic E-state index is 0.102. The Balaban J connectivity index is 2.12. The third-order valence-electron chi connectivity index (χ3n) is 6.90. The molecule has 0 heterocycles. The van der Waals surface area contributed by atoms with Crippen LogP contribution in [-0.4, -0.2) is 50.3 Å². The van der Waals surface area contributed by atoms with Gasteiger partial charge in [0.05, 0.1) is 26.4 Å². The minimum atomic E-state index is -1.48. The van der Waals surface area contributed by atoms with E-state index < -0.39 is 34.7 Å². The highest BCUT2D eigenvalue weighted by Gasteiger charge is 2.56. The maximum atomic E-state index is 13.1. The van der Waals surface area contributed by atoms with E-state index >= 15 is 0 Å². The van der Waals surface area contributed by atoms with Gasteiger partial charge < -0.3 is 18.9 Å². The summed E-state index contributed by atoms with van der Waals surface area (Å²) in [4.78, 5) is 52.3. The lowest BCUT2D eigenvalue weighted by Gasteiger charge is -2.35. The van der Waals surface area contributed by atoms with E-state index in [0.29, 0.717) is 6.42 Å². The van der Waals surface area contributed by atoms with Gasteiger partial charge in [0.2, 0.25) is 0 Å². The van der Waals surface area contributed by atoms with Crippen LogP contribution >= 0.6 is 0 Å². The summed E-state index contributed by atoms with van der Waals surface area (Å²) in [5.41, 5.74) is 1.51. The van der Waals surface area contributed by atoms with Crippen molar-refractivity contribution in [2.75, 3.05) is 26.4 Å². The van der Waals surface area contributed by atoms with E-state index in [1.54, 1.807) is 27.7 Å². The van der Waals surface area contributed by atoms with Gasteiger partial charge in [-0.15, -0.1) is 0 Å². The average molecular weight is 475 g/mol. The Morgan fingerprint density at radius 2 is 1.09 bits per heavy atom. The Labute approximate surface area is 200 Å². The van der Waals surface area contributed by atoms with Gasteiger partial charge in [-0.1, -0.05) is 6.07 Å². The Morgan fingerprint density at radius 1 is 0.676 bits per heavy atom. The highest BCUT2D eigenvalue weighted by molar-refractivity contribution is 6.03. The fourth-order valence-electron chi connectivity index (χ4n) is 5.24. The monoisotopic (exact) mass is 474 g/mol. The van der Waals surface area contributed by atoms with Crippen molar-refractivity contribution >= 4 is 23.9 Å². The number of esters is 4. The van der Waals surface area contributed by atoms with Crippen molar-refractivity contribution in [2.45, 2.75) is 66.7 Å². The second kappa shape index (κ2) is 10.2. The number of carbonyl (C=O) groups is 4. The molecule has 0 aromatic heterocycles. The van der Waals surface area contributed by atoms with Crippen LogP contribution in [0, 0.1) is 17.8 Å². The first-order valence-electron chi connectivity index (χ1n) is 12.0. The van der Waals surface area contributed by atoms with E-state index in [9.17, 15) is 19.2 Å². The summed E-state index contributed by atoms with van der Waals surface area (Å²) in [5, 5.41) is 0. The smallest absolute Gasteiger partial charge is 0.324 e. The van der Waals surface area contributed by atoms with E-state index in [-0.39, 0.29) is 52.1 Å². The molecule has 2 aliphatic carbocycles. The second-order valence-corrected chi connectivity index (χ2v) is 8.86. The number of rotatable bonds is 8. The molecule has 0 radical (unpaired) electrons. The zero-order valence-electron chi connectivity index (χ0n) is 20.7. The molecule has 186 valence electrons. The predicted molar refractivity (Wildman–Crippen MR) is 122 cm³/mol. The third kappa shape index (κ3) is 4.18. The van der Waals surface area contributed by atoms with Crippen molar-refractivity contribution in [3.8, 4) is 0 Å². The van der Waals surface area contributed by atoms with Gasteiger partial charge in [0.15, 0.2) is 10.8 Å². The number of benzene rings is 1. The van der Waals surface area contributed by atoms with Gasteiger partial charge in [-0.2, -0.15) is 0 Å². The highest BCUT2D eigenvalue weighted by atomic mass is 16.6. The van der Waals surface area contributed by atoms with Crippen molar-refractivity contribution < 1.29 is 38.1 Å². The van der Waals surface area contributed by atoms with Crippen molar-refractivity contribution in [3.05, 3.63) is 33.9 Å². The zero-order chi connectivity index (χ0) is 25.1. The lowest BCUT2D eigenvalue weighted by molar-refractivity contribution is -0.174. The first-order chi connectivity index (χ1) is 16.2. The summed E-state index contributed by atoms with van der Waals surface area (Å²) >= 11 is 0. The maximum Gasteiger partial charge on any atom is 0.324 e. The molecule has 2 aliphatic rings. The summed E-state index contributed by atoms with van der Waals surface area (Å²) in [7, 11) is 0. The van der Waals surface area contributed by atoms with Crippen molar-refractivity contribution in [3.63, 3.8) is 0 Å². The first-order valence-corrected chi connectivity index (χ1v) is 12.0. The number of aryl methyl sites for hydroxylation is 2. The van der Waals surface area contributed by atoms with Crippen LogP contribution in [0.5, 0.6) is 0 Å². The molecular weight excluding hydrogens is 440 g/mol. The molecule has 3 rings (SSSR count).